The third-order valence-electron chi connectivity index (χ3n) is 4.80. The summed E-state index contributed by atoms with van der Waals surface area (Å²) in [6, 6.07) is 25.4. The van der Waals surface area contributed by atoms with E-state index < -0.39 is 0 Å². The van der Waals surface area contributed by atoms with Gasteiger partial charge < -0.3 is 10.1 Å². The molecule has 0 saturated carbocycles. The fourth-order valence-corrected chi connectivity index (χ4v) is 3.86. The molecule has 0 aliphatic heterocycles. The van der Waals surface area contributed by atoms with Crippen LogP contribution in [0, 0.1) is 11.3 Å². The molecule has 5 nitrogen and oxygen atoms in total. The maximum atomic E-state index is 12.7. The topological polar surface area (TPSA) is 75.0 Å². The normalized spacial score (nSPS) is 11.2. The van der Waals surface area contributed by atoms with Gasteiger partial charge in [-0.3, -0.25) is 4.79 Å². The minimum absolute atomic E-state index is 0.206. The number of hydrogen-bond acceptors (Lipinski definition) is 5. The van der Waals surface area contributed by atoms with Gasteiger partial charge in [0.25, 0.3) is 5.91 Å². The summed E-state index contributed by atoms with van der Waals surface area (Å²) in [5, 5.41) is 14.6. The number of nitrogens with zero attached hydrogens (tertiary/aromatic N) is 2. The fraction of sp³-hybridized carbons (Fsp3) is 0.115. The highest BCUT2D eigenvalue weighted by molar-refractivity contribution is 7.11. The van der Waals surface area contributed by atoms with Gasteiger partial charge in [0, 0.05) is 22.4 Å². The standard InChI is InChI=1S/C26H21N3O2S/c27-14-4-15-28-26(30)24(17-23-6-3-16-32-23)19-9-12-22(13-10-19)31-18-21-11-8-20-5-1-2-7-25(20)29-21/h1-3,5-13,16-17H,4,15,18H2,(H,28,30)/b24-17-. The van der Waals surface area contributed by atoms with Crippen LogP contribution in [0.2, 0.25) is 0 Å². The van der Waals surface area contributed by atoms with Crippen molar-refractivity contribution >= 4 is 39.8 Å². The van der Waals surface area contributed by atoms with E-state index in [9.17, 15) is 4.79 Å². The van der Waals surface area contributed by atoms with Crippen LogP contribution in [0.15, 0.2) is 78.2 Å². The number of nitriles is 1. The van der Waals surface area contributed by atoms with Crippen LogP contribution in [0.1, 0.15) is 22.6 Å². The van der Waals surface area contributed by atoms with Crippen LogP contribution < -0.4 is 10.1 Å². The molecule has 2 aromatic carbocycles. The second-order valence-corrected chi connectivity index (χ2v) is 8.03. The molecule has 0 atom stereocenters. The van der Waals surface area contributed by atoms with E-state index in [2.05, 4.69) is 10.3 Å². The number of rotatable bonds is 8. The molecule has 1 N–H and O–H groups in total. The van der Waals surface area contributed by atoms with Gasteiger partial charge in [-0.2, -0.15) is 5.26 Å². The molecule has 32 heavy (non-hydrogen) atoms. The highest BCUT2D eigenvalue weighted by Gasteiger charge is 2.13. The molecule has 0 spiro atoms. The van der Waals surface area contributed by atoms with Gasteiger partial charge >= 0.3 is 0 Å². The van der Waals surface area contributed by atoms with Crippen LogP contribution in [0.3, 0.4) is 0 Å². The van der Waals surface area contributed by atoms with Gasteiger partial charge in [-0.05, 0) is 47.4 Å². The number of amides is 1. The molecule has 2 aromatic heterocycles. The zero-order valence-corrected chi connectivity index (χ0v) is 18.1. The van der Waals surface area contributed by atoms with Crippen molar-refractivity contribution in [3.8, 4) is 11.8 Å². The first kappa shape index (κ1) is 21.3. The molecule has 158 valence electrons. The van der Waals surface area contributed by atoms with Gasteiger partial charge in [0.05, 0.1) is 23.7 Å². The number of pyridine rings is 1. The van der Waals surface area contributed by atoms with E-state index >= 15 is 0 Å². The van der Waals surface area contributed by atoms with E-state index in [0.717, 1.165) is 27.0 Å². The molecule has 6 heteroatoms. The van der Waals surface area contributed by atoms with Crippen molar-refractivity contribution in [2.45, 2.75) is 13.0 Å². The third-order valence-corrected chi connectivity index (χ3v) is 5.62. The Morgan fingerprint density at radius 1 is 1.06 bits per heavy atom. The summed E-state index contributed by atoms with van der Waals surface area (Å²) in [6.07, 6.45) is 2.13. The predicted octanol–water partition coefficient (Wildman–Crippen LogP) is 5.45. The first-order chi connectivity index (χ1) is 15.7. The molecular weight excluding hydrogens is 418 g/mol. The molecule has 4 rings (SSSR count). The van der Waals surface area contributed by atoms with Crippen molar-refractivity contribution < 1.29 is 9.53 Å². The van der Waals surface area contributed by atoms with Crippen molar-refractivity contribution in [2.75, 3.05) is 6.54 Å². The molecular formula is C26H21N3O2S. The number of para-hydroxylation sites is 1. The number of benzene rings is 2. The number of fused-ring (bicyclic) bond motifs is 1. The summed E-state index contributed by atoms with van der Waals surface area (Å²) in [4.78, 5) is 18.3. The second kappa shape index (κ2) is 10.4. The summed E-state index contributed by atoms with van der Waals surface area (Å²) in [6.45, 7) is 0.674. The largest absolute Gasteiger partial charge is 0.487 e. The molecule has 0 aliphatic rings. The lowest BCUT2D eigenvalue weighted by Gasteiger charge is -2.10. The first-order valence-corrected chi connectivity index (χ1v) is 11.1. The summed E-state index contributed by atoms with van der Waals surface area (Å²) in [5.41, 5.74) is 3.12. The number of thiophene rings is 1. The Kier molecular flexibility index (Phi) is 6.91. The van der Waals surface area contributed by atoms with Gasteiger partial charge in [0.2, 0.25) is 0 Å². The second-order valence-electron chi connectivity index (χ2n) is 7.05. The van der Waals surface area contributed by atoms with E-state index in [1.54, 1.807) is 11.3 Å². The van der Waals surface area contributed by atoms with Gasteiger partial charge in [-0.25, -0.2) is 4.98 Å². The molecule has 0 saturated heterocycles. The van der Waals surface area contributed by atoms with Gasteiger partial charge in [-0.15, -0.1) is 11.3 Å². The SMILES string of the molecule is N#CCCNC(=O)/C(=C\c1cccs1)c1ccc(OCc2ccc3ccccc3n2)cc1. The molecule has 2 heterocycles. The number of carbonyl (C=O) groups excluding carboxylic acids is 1. The Bertz CT molecular complexity index is 1270. The molecule has 0 bridgehead atoms. The molecule has 0 radical (unpaired) electrons. The molecule has 0 aliphatic carbocycles. The molecule has 1 amide bonds. The van der Waals surface area contributed by atoms with E-state index in [0.29, 0.717) is 24.5 Å². The average molecular weight is 440 g/mol. The Morgan fingerprint density at radius 2 is 1.91 bits per heavy atom. The lowest BCUT2D eigenvalue weighted by molar-refractivity contribution is -0.115. The van der Waals surface area contributed by atoms with Crippen LogP contribution >= 0.6 is 11.3 Å². The Labute approximate surface area is 190 Å². The van der Waals surface area contributed by atoms with Crippen LogP contribution in [0.25, 0.3) is 22.6 Å². The van der Waals surface area contributed by atoms with Crippen LogP contribution in [-0.2, 0) is 11.4 Å². The Balaban J connectivity index is 1.48. The average Bonchev–Trinajstić information content (AvgIpc) is 3.35. The van der Waals surface area contributed by atoms with Crippen LogP contribution in [-0.4, -0.2) is 17.4 Å². The summed E-state index contributed by atoms with van der Waals surface area (Å²) in [5.74, 6) is 0.492. The number of nitrogens with one attached hydrogen (secondary N) is 1. The first-order valence-electron chi connectivity index (χ1n) is 10.2. The minimum atomic E-state index is -0.206. The smallest absolute Gasteiger partial charge is 0.251 e. The van der Waals surface area contributed by atoms with Crippen LogP contribution in [0.5, 0.6) is 5.75 Å². The zero-order valence-electron chi connectivity index (χ0n) is 17.3. The maximum absolute atomic E-state index is 12.7. The van der Waals surface area contributed by atoms with E-state index in [4.69, 9.17) is 10.00 Å². The lowest BCUT2D eigenvalue weighted by Crippen LogP contribution is -2.25. The quantitative estimate of drug-likeness (QED) is 0.293. The molecule has 4 aromatic rings. The van der Waals surface area contributed by atoms with Gasteiger partial charge in [-0.1, -0.05) is 42.5 Å². The summed E-state index contributed by atoms with van der Waals surface area (Å²) >= 11 is 1.56. The molecule has 0 fully saturated rings. The highest BCUT2D eigenvalue weighted by atomic mass is 32.1. The van der Waals surface area contributed by atoms with E-state index in [1.165, 1.54) is 0 Å². The predicted molar refractivity (Wildman–Crippen MR) is 128 cm³/mol. The Morgan fingerprint density at radius 3 is 2.69 bits per heavy atom. The van der Waals surface area contributed by atoms with E-state index in [1.807, 2.05) is 90.3 Å². The van der Waals surface area contributed by atoms with Crippen molar-refractivity contribution in [1.82, 2.24) is 10.3 Å². The van der Waals surface area contributed by atoms with Crippen molar-refractivity contribution in [2.24, 2.45) is 0 Å². The highest BCUT2D eigenvalue weighted by Crippen LogP contribution is 2.24. The Hall–Kier alpha value is -3.95. The van der Waals surface area contributed by atoms with Crippen molar-refractivity contribution in [3.63, 3.8) is 0 Å². The fourth-order valence-electron chi connectivity index (χ4n) is 3.20. The lowest BCUT2D eigenvalue weighted by atomic mass is 10.0. The van der Waals surface area contributed by atoms with Crippen LogP contribution in [0.4, 0.5) is 0 Å². The van der Waals surface area contributed by atoms with Crippen molar-refractivity contribution in [3.05, 3.63) is 94.3 Å². The third kappa shape index (κ3) is 5.39. The monoisotopic (exact) mass is 439 g/mol. The minimum Gasteiger partial charge on any atom is -0.487 e. The van der Waals surface area contributed by atoms with Crippen molar-refractivity contribution in [1.29, 1.82) is 5.26 Å². The summed E-state index contributed by atoms with van der Waals surface area (Å²) < 4.78 is 5.91. The summed E-state index contributed by atoms with van der Waals surface area (Å²) in [7, 11) is 0. The van der Waals surface area contributed by atoms with E-state index in [-0.39, 0.29) is 12.3 Å². The zero-order chi connectivity index (χ0) is 22.2. The number of aromatic nitrogens is 1. The number of hydrogen-bond donors (Lipinski definition) is 1. The number of carbonyl (C=O) groups is 1. The molecule has 0 unspecified atom stereocenters. The van der Waals surface area contributed by atoms with Gasteiger partial charge in [0.1, 0.15) is 12.4 Å². The maximum Gasteiger partial charge on any atom is 0.251 e. The number of ether oxygens (including phenoxy) is 1. The van der Waals surface area contributed by atoms with Gasteiger partial charge in [0.15, 0.2) is 0 Å².